The van der Waals surface area contributed by atoms with E-state index in [4.69, 9.17) is 5.14 Å². The van der Waals surface area contributed by atoms with Crippen LogP contribution in [0.3, 0.4) is 0 Å². The molecule has 0 radical (unpaired) electrons. The second-order valence-electron chi connectivity index (χ2n) is 4.28. The molecule has 1 atom stereocenters. The van der Waals surface area contributed by atoms with Gasteiger partial charge in [-0.25, -0.2) is 13.6 Å². The summed E-state index contributed by atoms with van der Waals surface area (Å²) in [6.07, 6.45) is 3.69. The van der Waals surface area contributed by atoms with Crippen LogP contribution in [0.25, 0.3) is 0 Å². The first-order valence-electron chi connectivity index (χ1n) is 5.40. The maximum atomic E-state index is 10.8. The Bertz CT molecular complexity index is 273. The smallest absolute Gasteiger partial charge is 0.210 e. The average Bonchev–Trinajstić information content (AvgIpc) is 2.15. The first-order chi connectivity index (χ1) is 6.97. The summed E-state index contributed by atoms with van der Waals surface area (Å²) in [5, 5.41) is 8.37. The number of nitrogens with zero attached hydrogens (tertiary/aromatic N) is 1. The molecular formula is C9H21N3O2S. The standard InChI is InChI=1S/C9H21N3O2S/c1-12(6-7-15(10,13)14)8-9-4-2-3-5-11-9/h9,11H,2-8H2,1H3,(H2,10,13,14). The van der Waals surface area contributed by atoms with E-state index >= 15 is 0 Å². The predicted molar refractivity (Wildman–Crippen MR) is 61.1 cm³/mol. The third-order valence-corrected chi connectivity index (χ3v) is 3.45. The Hall–Kier alpha value is -0.170. The van der Waals surface area contributed by atoms with Crippen molar-refractivity contribution in [2.75, 3.05) is 32.4 Å². The lowest BCUT2D eigenvalue weighted by Gasteiger charge is -2.27. The van der Waals surface area contributed by atoms with Gasteiger partial charge in [0, 0.05) is 19.1 Å². The minimum atomic E-state index is -3.32. The molecule has 0 saturated carbocycles. The van der Waals surface area contributed by atoms with Crippen LogP contribution >= 0.6 is 0 Å². The molecule has 1 rings (SSSR count). The normalized spacial score (nSPS) is 23.3. The molecule has 0 aromatic rings. The van der Waals surface area contributed by atoms with Gasteiger partial charge in [0.2, 0.25) is 10.0 Å². The highest BCUT2D eigenvalue weighted by Crippen LogP contribution is 2.07. The number of likely N-dealkylation sites (N-methyl/N-ethyl adjacent to an activating group) is 1. The van der Waals surface area contributed by atoms with E-state index in [2.05, 4.69) is 5.32 Å². The Morgan fingerprint density at radius 1 is 1.47 bits per heavy atom. The number of hydrogen-bond donors (Lipinski definition) is 2. The van der Waals surface area contributed by atoms with Crippen LogP contribution in [0.5, 0.6) is 0 Å². The zero-order valence-corrected chi connectivity index (χ0v) is 10.1. The maximum absolute atomic E-state index is 10.8. The van der Waals surface area contributed by atoms with Gasteiger partial charge in [0.15, 0.2) is 0 Å². The van der Waals surface area contributed by atoms with Crippen molar-refractivity contribution in [1.82, 2.24) is 10.2 Å². The molecule has 1 unspecified atom stereocenters. The molecule has 0 aromatic heterocycles. The van der Waals surface area contributed by atoms with E-state index in [1.165, 1.54) is 19.3 Å². The van der Waals surface area contributed by atoms with Gasteiger partial charge < -0.3 is 10.2 Å². The van der Waals surface area contributed by atoms with Gasteiger partial charge in [-0.2, -0.15) is 0 Å². The van der Waals surface area contributed by atoms with E-state index in [-0.39, 0.29) is 5.75 Å². The molecule has 0 aliphatic carbocycles. The number of nitrogens with one attached hydrogen (secondary N) is 1. The zero-order valence-electron chi connectivity index (χ0n) is 9.28. The van der Waals surface area contributed by atoms with Gasteiger partial charge in [0.1, 0.15) is 0 Å². The molecule has 1 aliphatic rings. The highest BCUT2D eigenvalue weighted by Gasteiger charge is 2.15. The first-order valence-corrected chi connectivity index (χ1v) is 7.11. The lowest BCUT2D eigenvalue weighted by Crippen LogP contribution is -2.43. The quantitative estimate of drug-likeness (QED) is 0.664. The molecular weight excluding hydrogens is 214 g/mol. The Balaban J connectivity index is 2.20. The third kappa shape index (κ3) is 6.09. The number of piperidine rings is 1. The van der Waals surface area contributed by atoms with Crippen molar-refractivity contribution in [2.45, 2.75) is 25.3 Å². The largest absolute Gasteiger partial charge is 0.313 e. The monoisotopic (exact) mass is 235 g/mol. The highest BCUT2D eigenvalue weighted by molar-refractivity contribution is 7.89. The zero-order chi connectivity index (χ0) is 11.3. The molecule has 6 heteroatoms. The summed E-state index contributed by atoms with van der Waals surface area (Å²) in [5.41, 5.74) is 0. The number of primary sulfonamides is 1. The van der Waals surface area contributed by atoms with E-state index < -0.39 is 10.0 Å². The Labute approximate surface area is 92.1 Å². The summed E-state index contributed by atoms with van der Waals surface area (Å²) in [5.74, 6) is 0.0379. The molecule has 1 fully saturated rings. The van der Waals surface area contributed by atoms with Gasteiger partial charge in [-0.05, 0) is 26.4 Å². The maximum Gasteiger partial charge on any atom is 0.210 e. The third-order valence-electron chi connectivity index (χ3n) is 2.70. The van der Waals surface area contributed by atoms with Crippen molar-refractivity contribution in [3.63, 3.8) is 0 Å². The van der Waals surface area contributed by atoms with Crippen LogP contribution in [0.4, 0.5) is 0 Å². The van der Waals surface area contributed by atoms with Crippen molar-refractivity contribution in [3.05, 3.63) is 0 Å². The van der Waals surface area contributed by atoms with Crippen molar-refractivity contribution in [2.24, 2.45) is 5.14 Å². The molecule has 0 aromatic carbocycles. The summed E-state index contributed by atoms with van der Waals surface area (Å²) in [6, 6.07) is 0.504. The van der Waals surface area contributed by atoms with E-state index in [0.717, 1.165) is 13.1 Å². The first kappa shape index (κ1) is 12.9. The molecule has 1 aliphatic heterocycles. The summed E-state index contributed by atoms with van der Waals surface area (Å²) < 4.78 is 21.5. The van der Waals surface area contributed by atoms with Crippen LogP contribution in [0, 0.1) is 0 Å². The fourth-order valence-electron chi connectivity index (χ4n) is 1.83. The van der Waals surface area contributed by atoms with E-state index in [0.29, 0.717) is 12.6 Å². The summed E-state index contributed by atoms with van der Waals surface area (Å²) in [7, 11) is -1.39. The van der Waals surface area contributed by atoms with Gasteiger partial charge in [-0.15, -0.1) is 0 Å². The molecule has 1 heterocycles. The van der Waals surface area contributed by atoms with E-state index in [9.17, 15) is 8.42 Å². The SMILES string of the molecule is CN(CCS(N)(=O)=O)CC1CCCCN1. The van der Waals surface area contributed by atoms with Crippen LogP contribution in [0.15, 0.2) is 0 Å². The van der Waals surface area contributed by atoms with Crippen LogP contribution in [0.1, 0.15) is 19.3 Å². The summed E-state index contributed by atoms with van der Waals surface area (Å²) in [4.78, 5) is 2.02. The van der Waals surface area contributed by atoms with Crippen LogP contribution < -0.4 is 10.5 Å². The van der Waals surface area contributed by atoms with Gasteiger partial charge >= 0.3 is 0 Å². The van der Waals surface area contributed by atoms with Gasteiger partial charge in [-0.1, -0.05) is 6.42 Å². The van der Waals surface area contributed by atoms with Crippen molar-refractivity contribution in [1.29, 1.82) is 0 Å². The highest BCUT2D eigenvalue weighted by atomic mass is 32.2. The molecule has 0 bridgehead atoms. The Morgan fingerprint density at radius 3 is 2.73 bits per heavy atom. The molecule has 90 valence electrons. The molecule has 0 amide bonds. The van der Waals surface area contributed by atoms with E-state index in [1.54, 1.807) is 0 Å². The summed E-state index contributed by atoms with van der Waals surface area (Å²) >= 11 is 0. The molecule has 0 spiro atoms. The minimum Gasteiger partial charge on any atom is -0.313 e. The number of rotatable bonds is 5. The van der Waals surface area contributed by atoms with Crippen LogP contribution in [0.2, 0.25) is 0 Å². The van der Waals surface area contributed by atoms with Crippen LogP contribution in [-0.4, -0.2) is 51.8 Å². The number of hydrogen-bond acceptors (Lipinski definition) is 4. The lowest BCUT2D eigenvalue weighted by atomic mass is 10.0. The second-order valence-corrected chi connectivity index (χ2v) is 6.01. The Morgan fingerprint density at radius 2 is 2.20 bits per heavy atom. The topological polar surface area (TPSA) is 75.4 Å². The van der Waals surface area contributed by atoms with Gasteiger partial charge in [-0.3, -0.25) is 0 Å². The minimum absolute atomic E-state index is 0.0379. The van der Waals surface area contributed by atoms with Crippen LogP contribution in [-0.2, 0) is 10.0 Å². The lowest BCUT2D eigenvalue weighted by molar-refractivity contribution is 0.272. The molecule has 15 heavy (non-hydrogen) atoms. The molecule has 1 saturated heterocycles. The van der Waals surface area contributed by atoms with E-state index in [1.807, 2.05) is 11.9 Å². The van der Waals surface area contributed by atoms with Gasteiger partial charge in [0.25, 0.3) is 0 Å². The van der Waals surface area contributed by atoms with Crippen molar-refractivity contribution >= 4 is 10.0 Å². The Kier molecular flexibility index (Phi) is 4.98. The number of nitrogens with two attached hydrogens (primary N) is 1. The fourth-order valence-corrected chi connectivity index (χ4v) is 2.40. The molecule has 5 nitrogen and oxygen atoms in total. The fraction of sp³-hybridized carbons (Fsp3) is 1.00. The van der Waals surface area contributed by atoms with Crippen molar-refractivity contribution in [3.8, 4) is 0 Å². The molecule has 3 N–H and O–H groups in total. The summed E-state index contributed by atoms with van der Waals surface area (Å²) in [6.45, 7) is 2.49. The predicted octanol–water partition coefficient (Wildman–Crippen LogP) is -0.651. The average molecular weight is 235 g/mol. The second kappa shape index (κ2) is 5.79. The van der Waals surface area contributed by atoms with Crippen molar-refractivity contribution < 1.29 is 8.42 Å². The number of sulfonamides is 1. The van der Waals surface area contributed by atoms with Gasteiger partial charge in [0.05, 0.1) is 5.75 Å².